The van der Waals surface area contributed by atoms with Crippen LogP contribution < -0.4 is 5.32 Å². The molecule has 0 aliphatic carbocycles. The van der Waals surface area contributed by atoms with E-state index in [0.717, 1.165) is 16.0 Å². The number of benzene rings is 2. The van der Waals surface area contributed by atoms with Crippen molar-refractivity contribution in [3.8, 4) is 0 Å². The van der Waals surface area contributed by atoms with Crippen LogP contribution >= 0.6 is 11.8 Å². The van der Waals surface area contributed by atoms with Crippen LogP contribution in [0.3, 0.4) is 0 Å². The topological polar surface area (TPSA) is 66.5 Å². The minimum absolute atomic E-state index is 0.0793. The Labute approximate surface area is 155 Å². The van der Waals surface area contributed by atoms with Gasteiger partial charge in [-0.2, -0.15) is 0 Å². The number of rotatable bonds is 4. The lowest BCUT2D eigenvalue weighted by Gasteiger charge is -2.13. The first kappa shape index (κ1) is 16.8. The number of fused-ring (bicyclic) bond motifs is 2. The van der Waals surface area contributed by atoms with Crippen LogP contribution in [0.25, 0.3) is 0 Å². The quantitative estimate of drug-likeness (QED) is 0.665. The highest BCUT2D eigenvalue weighted by molar-refractivity contribution is 7.99. The van der Waals surface area contributed by atoms with Crippen LogP contribution in [0.1, 0.15) is 62.0 Å². The second-order valence-corrected chi connectivity index (χ2v) is 7.79. The molecule has 0 saturated heterocycles. The van der Waals surface area contributed by atoms with E-state index >= 15 is 0 Å². The van der Waals surface area contributed by atoms with Gasteiger partial charge < -0.3 is 5.32 Å². The van der Waals surface area contributed by atoms with Crippen molar-refractivity contribution in [3.63, 3.8) is 0 Å². The highest BCUT2D eigenvalue weighted by Gasteiger charge is 2.35. The predicted octanol–water partition coefficient (Wildman–Crippen LogP) is 3.40. The molecule has 0 saturated carbocycles. The molecule has 4 rings (SSSR count). The zero-order valence-corrected chi connectivity index (χ0v) is 15.4. The van der Waals surface area contributed by atoms with Crippen molar-refractivity contribution in [1.82, 2.24) is 10.2 Å². The van der Waals surface area contributed by atoms with Gasteiger partial charge in [-0.25, -0.2) is 0 Å². The van der Waals surface area contributed by atoms with E-state index in [1.54, 1.807) is 6.07 Å². The third-order valence-electron chi connectivity index (χ3n) is 4.79. The predicted molar refractivity (Wildman–Crippen MR) is 99.4 cm³/mol. The van der Waals surface area contributed by atoms with E-state index in [9.17, 15) is 14.4 Å². The Kier molecular flexibility index (Phi) is 4.07. The maximum Gasteiger partial charge on any atom is 0.262 e. The summed E-state index contributed by atoms with van der Waals surface area (Å²) in [4.78, 5) is 39.2. The van der Waals surface area contributed by atoms with Gasteiger partial charge in [0.1, 0.15) is 0 Å². The van der Waals surface area contributed by atoms with Crippen molar-refractivity contribution in [1.29, 1.82) is 0 Å². The van der Waals surface area contributed by atoms with Crippen LogP contribution in [-0.2, 0) is 6.54 Å². The molecule has 0 radical (unpaired) electrons. The Hall–Kier alpha value is -2.60. The van der Waals surface area contributed by atoms with Gasteiger partial charge in [0.15, 0.2) is 0 Å². The van der Waals surface area contributed by atoms with E-state index in [2.05, 4.69) is 19.2 Å². The second kappa shape index (κ2) is 6.29. The monoisotopic (exact) mass is 366 g/mol. The van der Waals surface area contributed by atoms with Crippen molar-refractivity contribution in [2.24, 2.45) is 0 Å². The van der Waals surface area contributed by atoms with Gasteiger partial charge in [0.2, 0.25) is 0 Å². The first-order valence-electron chi connectivity index (χ1n) is 8.50. The Morgan fingerprint density at radius 2 is 1.77 bits per heavy atom. The average molecular weight is 366 g/mol. The normalized spacial score (nSPS) is 15.5. The molecule has 0 fully saturated rings. The van der Waals surface area contributed by atoms with Gasteiger partial charge in [0.05, 0.1) is 17.0 Å². The van der Waals surface area contributed by atoms with Crippen LogP contribution in [0.5, 0.6) is 0 Å². The summed E-state index contributed by atoms with van der Waals surface area (Å²) < 4.78 is 0. The van der Waals surface area contributed by atoms with E-state index in [-0.39, 0.29) is 23.6 Å². The van der Waals surface area contributed by atoms with Gasteiger partial charge in [-0.15, -0.1) is 11.8 Å². The Morgan fingerprint density at radius 3 is 2.54 bits per heavy atom. The van der Waals surface area contributed by atoms with E-state index in [1.807, 2.05) is 30.3 Å². The molecule has 2 heterocycles. The molecule has 0 unspecified atom stereocenters. The van der Waals surface area contributed by atoms with Crippen LogP contribution in [0.2, 0.25) is 0 Å². The smallest absolute Gasteiger partial charge is 0.262 e. The van der Waals surface area contributed by atoms with Crippen molar-refractivity contribution in [2.45, 2.75) is 31.2 Å². The lowest BCUT2D eigenvalue weighted by Crippen LogP contribution is -2.29. The molecule has 0 aromatic heterocycles. The van der Waals surface area contributed by atoms with E-state index in [0.29, 0.717) is 29.2 Å². The zero-order valence-electron chi connectivity index (χ0n) is 14.5. The maximum absolute atomic E-state index is 12.7. The summed E-state index contributed by atoms with van der Waals surface area (Å²) in [7, 11) is 0. The summed E-state index contributed by atoms with van der Waals surface area (Å²) in [5.74, 6) is -0.0665. The van der Waals surface area contributed by atoms with Crippen LogP contribution in [0.4, 0.5) is 0 Å². The third-order valence-corrected chi connectivity index (χ3v) is 5.76. The Balaban J connectivity index is 1.53. The fraction of sp³-hybridized carbons (Fsp3) is 0.250. The van der Waals surface area contributed by atoms with Gasteiger partial charge in [0, 0.05) is 17.0 Å². The van der Waals surface area contributed by atoms with Crippen molar-refractivity contribution in [2.75, 3.05) is 5.88 Å². The summed E-state index contributed by atoms with van der Waals surface area (Å²) in [6.45, 7) is 4.66. The number of hydrogen-bond donors (Lipinski definition) is 1. The number of thioether (sulfide) groups is 1. The zero-order chi connectivity index (χ0) is 18.4. The number of nitrogens with one attached hydrogen (secondary N) is 1. The molecule has 2 aliphatic rings. The number of amides is 3. The van der Waals surface area contributed by atoms with E-state index < -0.39 is 0 Å². The Bertz CT molecular complexity index is 952. The summed E-state index contributed by atoms with van der Waals surface area (Å²) in [5.41, 5.74) is 3.63. The summed E-state index contributed by atoms with van der Waals surface area (Å²) >= 11 is 1.38. The molecule has 6 heteroatoms. The summed E-state index contributed by atoms with van der Waals surface area (Å²) in [6.07, 6.45) is 0. The fourth-order valence-corrected chi connectivity index (χ4v) is 4.08. The summed E-state index contributed by atoms with van der Waals surface area (Å²) in [5, 5.41) is 2.78. The van der Waals surface area contributed by atoms with Gasteiger partial charge in [0.25, 0.3) is 17.7 Å². The molecule has 0 spiro atoms. The molecule has 5 nitrogen and oxygen atoms in total. The molecular weight excluding hydrogens is 348 g/mol. The number of carbonyl (C=O) groups excluding carboxylic acids is 3. The van der Waals surface area contributed by atoms with Crippen molar-refractivity contribution >= 4 is 29.5 Å². The molecule has 132 valence electrons. The number of hydrogen-bond acceptors (Lipinski definition) is 4. The molecule has 2 aliphatic heterocycles. The van der Waals surface area contributed by atoms with Gasteiger partial charge >= 0.3 is 0 Å². The Morgan fingerprint density at radius 1 is 1.00 bits per heavy atom. The SMILES string of the molecule is CC(C)c1ccc2c(c1)C(=O)N(CSc1ccc3c(c1)C(=O)NC3)C2=O. The highest BCUT2D eigenvalue weighted by Crippen LogP contribution is 2.30. The molecule has 2 aromatic carbocycles. The van der Waals surface area contributed by atoms with Crippen LogP contribution in [0, 0.1) is 0 Å². The molecule has 3 amide bonds. The lowest BCUT2D eigenvalue weighted by molar-refractivity contribution is 0.0683. The van der Waals surface area contributed by atoms with Crippen LogP contribution in [0.15, 0.2) is 41.3 Å². The minimum Gasteiger partial charge on any atom is -0.348 e. The molecule has 0 bridgehead atoms. The van der Waals surface area contributed by atoms with Crippen LogP contribution in [-0.4, -0.2) is 28.5 Å². The summed E-state index contributed by atoms with van der Waals surface area (Å²) in [6, 6.07) is 11.1. The van der Waals surface area contributed by atoms with E-state index in [4.69, 9.17) is 0 Å². The van der Waals surface area contributed by atoms with Crippen molar-refractivity contribution < 1.29 is 14.4 Å². The van der Waals surface area contributed by atoms with Gasteiger partial charge in [-0.3, -0.25) is 19.3 Å². The third kappa shape index (κ3) is 2.70. The maximum atomic E-state index is 12.7. The number of imide groups is 1. The lowest BCUT2D eigenvalue weighted by atomic mass is 9.98. The second-order valence-electron chi connectivity index (χ2n) is 6.77. The minimum atomic E-state index is -0.258. The standard InChI is InChI=1S/C20H18N2O3S/c1-11(2)12-4-6-15-17(7-12)20(25)22(19(15)24)10-26-14-5-3-13-9-21-18(23)16(13)8-14/h3-8,11H,9-10H2,1-2H3,(H,21,23). The first-order chi connectivity index (χ1) is 12.5. The largest absolute Gasteiger partial charge is 0.348 e. The first-order valence-corrected chi connectivity index (χ1v) is 9.48. The fourth-order valence-electron chi connectivity index (χ4n) is 3.21. The van der Waals surface area contributed by atoms with Gasteiger partial charge in [-0.1, -0.05) is 26.0 Å². The average Bonchev–Trinajstić information content (AvgIpc) is 3.11. The highest BCUT2D eigenvalue weighted by atomic mass is 32.2. The number of nitrogens with zero attached hydrogens (tertiary/aromatic N) is 1. The van der Waals surface area contributed by atoms with Crippen molar-refractivity contribution in [3.05, 3.63) is 64.2 Å². The molecular formula is C20H18N2O3S. The molecule has 2 aromatic rings. The van der Waals surface area contributed by atoms with E-state index in [1.165, 1.54) is 16.7 Å². The molecule has 26 heavy (non-hydrogen) atoms. The molecule has 1 N–H and O–H groups in total. The van der Waals surface area contributed by atoms with Gasteiger partial charge in [-0.05, 0) is 41.3 Å². The number of carbonyl (C=O) groups is 3. The molecule has 0 atom stereocenters.